The number of carbonyl (C=O) groups is 1. The largest absolute Gasteiger partial charge is 0.438 e. The average molecular weight is 367 g/mol. The number of cyclic esters (lactones) is 1. The summed E-state index contributed by atoms with van der Waals surface area (Å²) in [5.74, 6) is 0. The van der Waals surface area contributed by atoms with Crippen LogP contribution in [0.1, 0.15) is 45.2 Å². The molecule has 2 atom stereocenters. The van der Waals surface area contributed by atoms with Crippen LogP contribution in [0.4, 0.5) is 4.79 Å². The van der Waals surface area contributed by atoms with Gasteiger partial charge in [0.25, 0.3) is 0 Å². The summed E-state index contributed by atoms with van der Waals surface area (Å²) in [5, 5.41) is 11.3. The normalized spacial score (nSPS) is 25.5. The number of hydrogen-bond acceptors (Lipinski definition) is 3. The fraction of sp³-hybridized carbons (Fsp3) is 0.435. The molecule has 1 saturated heterocycles. The average Bonchev–Trinajstić information content (AvgIpc) is 2.78. The van der Waals surface area contributed by atoms with Crippen LogP contribution in [-0.4, -0.2) is 34.0 Å². The lowest BCUT2D eigenvalue weighted by Gasteiger charge is -2.42. The third-order valence-electron chi connectivity index (χ3n) is 5.86. The lowest BCUT2D eigenvalue weighted by atomic mass is 9.72. The highest BCUT2D eigenvalue weighted by molar-refractivity contribution is 5.72. The van der Waals surface area contributed by atoms with Crippen molar-refractivity contribution in [3.05, 3.63) is 71.8 Å². The Morgan fingerprint density at radius 1 is 1.00 bits per heavy atom. The van der Waals surface area contributed by atoms with Gasteiger partial charge in [-0.2, -0.15) is 0 Å². The Labute approximate surface area is 161 Å². The maximum absolute atomic E-state index is 12.6. The van der Waals surface area contributed by atoms with Crippen molar-refractivity contribution in [3.63, 3.8) is 0 Å². The minimum Gasteiger partial charge on any atom is -0.438 e. The molecule has 4 heteroatoms. The van der Waals surface area contributed by atoms with Crippen molar-refractivity contribution >= 4 is 6.09 Å². The van der Waals surface area contributed by atoms with Crippen LogP contribution in [0.5, 0.6) is 0 Å². The predicted octanol–water partition coefficient (Wildman–Crippen LogP) is 4.52. The molecule has 1 aliphatic heterocycles. The molecular formula is C23H29NO3. The molecule has 0 saturated carbocycles. The predicted molar refractivity (Wildman–Crippen MR) is 106 cm³/mol. The second-order valence-corrected chi connectivity index (χ2v) is 8.43. The van der Waals surface area contributed by atoms with Crippen LogP contribution >= 0.6 is 0 Å². The van der Waals surface area contributed by atoms with Crippen molar-refractivity contribution in [1.82, 2.24) is 4.90 Å². The van der Waals surface area contributed by atoms with E-state index in [4.69, 9.17) is 4.74 Å². The Kier molecular flexibility index (Phi) is 5.04. The molecule has 2 aromatic carbocycles. The van der Waals surface area contributed by atoms with Gasteiger partial charge >= 0.3 is 6.09 Å². The van der Waals surface area contributed by atoms with Gasteiger partial charge in [0.1, 0.15) is 0 Å². The standard InChI is InChI=1S/C23H29NO3/c1-21(2,19-13-9-6-10-14-19)17-22(3)23(4,26)24(20(25)27-22)16-15-18-11-7-5-8-12-18/h5-14,26H,15-17H2,1-4H3/t22-,23-/m0/s1. The summed E-state index contributed by atoms with van der Waals surface area (Å²) < 4.78 is 5.76. The van der Waals surface area contributed by atoms with Crippen molar-refractivity contribution in [2.75, 3.05) is 6.54 Å². The second kappa shape index (κ2) is 7.01. The van der Waals surface area contributed by atoms with Gasteiger partial charge in [-0.3, -0.25) is 4.90 Å². The number of benzene rings is 2. The maximum Gasteiger partial charge on any atom is 0.412 e. The Balaban J connectivity index is 1.78. The molecule has 0 radical (unpaired) electrons. The lowest BCUT2D eigenvalue weighted by molar-refractivity contribution is -0.145. The lowest BCUT2D eigenvalue weighted by Crippen LogP contribution is -2.57. The van der Waals surface area contributed by atoms with Crippen LogP contribution in [-0.2, 0) is 16.6 Å². The molecule has 1 amide bonds. The molecule has 0 spiro atoms. The van der Waals surface area contributed by atoms with Gasteiger partial charge in [0.15, 0.2) is 11.3 Å². The van der Waals surface area contributed by atoms with E-state index in [1.807, 2.05) is 55.5 Å². The number of aliphatic hydroxyl groups is 1. The summed E-state index contributed by atoms with van der Waals surface area (Å²) in [4.78, 5) is 14.1. The van der Waals surface area contributed by atoms with Crippen LogP contribution in [0.15, 0.2) is 60.7 Å². The highest BCUT2D eigenvalue weighted by Crippen LogP contribution is 2.45. The van der Waals surface area contributed by atoms with Gasteiger partial charge in [0.05, 0.1) is 0 Å². The smallest absolute Gasteiger partial charge is 0.412 e. The van der Waals surface area contributed by atoms with Gasteiger partial charge in [0, 0.05) is 13.0 Å². The van der Waals surface area contributed by atoms with Gasteiger partial charge in [-0.1, -0.05) is 74.5 Å². The molecule has 3 rings (SSSR count). The first-order valence-electron chi connectivity index (χ1n) is 9.48. The molecule has 4 nitrogen and oxygen atoms in total. The van der Waals surface area contributed by atoms with Gasteiger partial charge in [-0.25, -0.2) is 4.79 Å². The Morgan fingerprint density at radius 3 is 2.15 bits per heavy atom. The van der Waals surface area contributed by atoms with Crippen molar-refractivity contribution in [2.24, 2.45) is 0 Å². The van der Waals surface area contributed by atoms with Crippen molar-refractivity contribution in [3.8, 4) is 0 Å². The molecule has 1 heterocycles. The quantitative estimate of drug-likeness (QED) is 0.817. The molecule has 1 aliphatic rings. The summed E-state index contributed by atoms with van der Waals surface area (Å²) in [6.45, 7) is 8.16. The first-order chi connectivity index (χ1) is 12.7. The van der Waals surface area contributed by atoms with Gasteiger partial charge in [0.2, 0.25) is 0 Å². The molecule has 1 fully saturated rings. The third kappa shape index (κ3) is 3.72. The molecule has 0 aliphatic carbocycles. The summed E-state index contributed by atoms with van der Waals surface area (Å²) in [7, 11) is 0. The minimum atomic E-state index is -1.38. The van der Waals surface area contributed by atoms with Gasteiger partial charge < -0.3 is 9.84 Å². The van der Waals surface area contributed by atoms with E-state index in [9.17, 15) is 9.90 Å². The SMILES string of the molecule is CC(C)(C[C@]1(C)OC(=O)N(CCc2ccccc2)[C@@]1(C)O)c1ccccc1. The molecule has 0 aromatic heterocycles. The molecule has 2 aromatic rings. The fourth-order valence-electron chi connectivity index (χ4n) is 4.04. The Bertz CT molecular complexity index is 786. The van der Waals surface area contributed by atoms with Crippen LogP contribution in [0, 0.1) is 0 Å². The molecule has 1 N–H and O–H groups in total. The van der Waals surface area contributed by atoms with E-state index in [0.717, 1.165) is 11.1 Å². The highest BCUT2D eigenvalue weighted by Gasteiger charge is 2.60. The number of nitrogens with zero attached hydrogens (tertiary/aromatic N) is 1. The van der Waals surface area contributed by atoms with E-state index in [1.54, 1.807) is 6.92 Å². The molecule has 0 unspecified atom stereocenters. The summed E-state index contributed by atoms with van der Waals surface area (Å²) in [6.07, 6.45) is 0.733. The first kappa shape index (κ1) is 19.4. The number of carbonyl (C=O) groups excluding carboxylic acids is 1. The van der Waals surface area contributed by atoms with Crippen LogP contribution in [0.3, 0.4) is 0 Å². The van der Waals surface area contributed by atoms with Crippen molar-refractivity contribution < 1.29 is 14.6 Å². The molecule has 27 heavy (non-hydrogen) atoms. The maximum atomic E-state index is 12.6. The number of hydrogen-bond donors (Lipinski definition) is 1. The Hall–Kier alpha value is -2.33. The van der Waals surface area contributed by atoms with E-state index in [1.165, 1.54) is 4.90 Å². The third-order valence-corrected chi connectivity index (χ3v) is 5.86. The van der Waals surface area contributed by atoms with Crippen LogP contribution < -0.4 is 0 Å². The van der Waals surface area contributed by atoms with Crippen molar-refractivity contribution in [1.29, 1.82) is 0 Å². The minimum absolute atomic E-state index is 0.254. The number of amides is 1. The molecular weight excluding hydrogens is 338 g/mol. The van der Waals surface area contributed by atoms with Gasteiger partial charge in [-0.05, 0) is 36.8 Å². The number of rotatable bonds is 6. The monoisotopic (exact) mass is 367 g/mol. The zero-order valence-corrected chi connectivity index (χ0v) is 16.6. The summed E-state index contributed by atoms with van der Waals surface area (Å²) in [5.41, 5.74) is -0.360. The topological polar surface area (TPSA) is 49.8 Å². The zero-order chi connectivity index (χ0) is 19.7. The second-order valence-electron chi connectivity index (χ2n) is 8.43. The highest BCUT2D eigenvalue weighted by atomic mass is 16.6. The van der Waals surface area contributed by atoms with Gasteiger partial charge in [-0.15, -0.1) is 0 Å². The Morgan fingerprint density at radius 2 is 1.56 bits per heavy atom. The van der Waals surface area contributed by atoms with Crippen LogP contribution in [0.25, 0.3) is 0 Å². The first-order valence-corrected chi connectivity index (χ1v) is 9.48. The van der Waals surface area contributed by atoms with Crippen molar-refractivity contribution in [2.45, 2.75) is 57.3 Å². The van der Waals surface area contributed by atoms with E-state index >= 15 is 0 Å². The van der Waals surface area contributed by atoms with E-state index in [-0.39, 0.29) is 5.41 Å². The fourth-order valence-corrected chi connectivity index (χ4v) is 4.04. The van der Waals surface area contributed by atoms with E-state index < -0.39 is 17.4 Å². The number of ether oxygens (including phenoxy) is 1. The molecule has 0 bridgehead atoms. The van der Waals surface area contributed by atoms with E-state index in [2.05, 4.69) is 26.0 Å². The summed E-state index contributed by atoms with van der Waals surface area (Å²) in [6, 6.07) is 20.1. The van der Waals surface area contributed by atoms with E-state index in [0.29, 0.717) is 19.4 Å². The molecule has 144 valence electrons. The van der Waals surface area contributed by atoms with Crippen LogP contribution in [0.2, 0.25) is 0 Å². The zero-order valence-electron chi connectivity index (χ0n) is 16.6. The summed E-state index contributed by atoms with van der Waals surface area (Å²) >= 11 is 0.